The Kier molecular flexibility index (Phi) is 6.34. The second kappa shape index (κ2) is 6.60. The van der Waals surface area contributed by atoms with Gasteiger partial charge in [-0.05, 0) is 18.3 Å². The lowest BCUT2D eigenvalue weighted by atomic mass is 9.88. The van der Waals surface area contributed by atoms with E-state index in [-0.39, 0.29) is 11.8 Å². The fourth-order valence-corrected chi connectivity index (χ4v) is 1.69. The first-order chi connectivity index (χ1) is 8.38. The Hall–Kier alpha value is -0.760. The summed E-state index contributed by atoms with van der Waals surface area (Å²) in [5, 5.41) is -4.48. The van der Waals surface area contributed by atoms with Crippen molar-refractivity contribution < 1.29 is 31.3 Å². The fraction of sp³-hybridized carbons (Fsp3) is 0.909. The van der Waals surface area contributed by atoms with Gasteiger partial charge in [0.05, 0.1) is 5.92 Å². The van der Waals surface area contributed by atoms with Crippen molar-refractivity contribution in [1.29, 1.82) is 0 Å². The molecule has 0 aliphatic carbocycles. The monoisotopic (exact) mass is 302 g/mol. The fourth-order valence-electron chi connectivity index (χ4n) is 1.49. The summed E-state index contributed by atoms with van der Waals surface area (Å²) in [4.78, 5) is 11.7. The zero-order valence-corrected chi connectivity index (χ0v) is 12.2. The molecule has 1 atom stereocenters. The van der Waals surface area contributed by atoms with Gasteiger partial charge in [-0.2, -0.15) is 17.2 Å². The molecule has 0 saturated heterocycles. The minimum Gasteiger partial charge on any atom is -0.458 e. The van der Waals surface area contributed by atoms with Crippen LogP contribution in [-0.4, -0.2) is 30.8 Å². The molecular formula is C11H20F2O5S. The third kappa shape index (κ3) is 5.82. The summed E-state index contributed by atoms with van der Waals surface area (Å²) in [5.41, 5.74) is 0. The lowest BCUT2D eigenvalue weighted by Crippen LogP contribution is -2.36. The van der Waals surface area contributed by atoms with Crippen LogP contribution < -0.4 is 0 Å². The molecule has 0 aromatic carbocycles. The molecule has 1 unspecified atom stereocenters. The first-order valence-corrected chi connectivity index (χ1v) is 7.34. The van der Waals surface area contributed by atoms with E-state index in [9.17, 15) is 22.0 Å². The molecule has 114 valence electrons. The van der Waals surface area contributed by atoms with Crippen LogP contribution in [0.3, 0.4) is 0 Å². The molecule has 0 aliphatic rings. The number of hydrogen-bond donors (Lipinski definition) is 1. The van der Waals surface area contributed by atoms with Crippen molar-refractivity contribution in [2.45, 2.75) is 39.4 Å². The highest BCUT2D eigenvalue weighted by molar-refractivity contribution is 7.86. The highest BCUT2D eigenvalue weighted by atomic mass is 32.2. The minimum absolute atomic E-state index is 0.116. The SMILES string of the molecule is CC(C)CC(C(=O)OCC(F)(F)S(=O)(=O)O)C(C)C. The van der Waals surface area contributed by atoms with E-state index in [0.29, 0.717) is 6.42 Å². The van der Waals surface area contributed by atoms with Crippen LogP contribution in [0.4, 0.5) is 8.78 Å². The molecular weight excluding hydrogens is 282 g/mol. The van der Waals surface area contributed by atoms with Crippen LogP contribution in [0.2, 0.25) is 0 Å². The summed E-state index contributed by atoms with van der Waals surface area (Å²) < 4.78 is 59.1. The Morgan fingerprint density at radius 3 is 2.05 bits per heavy atom. The number of alkyl halides is 2. The normalized spacial score (nSPS) is 14.8. The maximum absolute atomic E-state index is 12.9. The van der Waals surface area contributed by atoms with Crippen LogP contribution >= 0.6 is 0 Å². The number of rotatable bonds is 7. The maximum atomic E-state index is 12.9. The Morgan fingerprint density at radius 2 is 1.74 bits per heavy atom. The third-order valence-corrected chi connectivity index (χ3v) is 3.47. The average molecular weight is 302 g/mol. The van der Waals surface area contributed by atoms with Crippen LogP contribution in [-0.2, 0) is 19.6 Å². The highest BCUT2D eigenvalue weighted by Crippen LogP contribution is 2.25. The van der Waals surface area contributed by atoms with Crippen molar-refractivity contribution in [3.8, 4) is 0 Å². The van der Waals surface area contributed by atoms with Crippen LogP contribution in [0.1, 0.15) is 34.1 Å². The molecule has 0 heterocycles. The summed E-state index contributed by atoms with van der Waals surface area (Å²) in [7, 11) is -5.58. The number of esters is 1. The number of hydrogen-bond acceptors (Lipinski definition) is 4. The summed E-state index contributed by atoms with van der Waals surface area (Å²) in [5.74, 6) is -1.42. The van der Waals surface area contributed by atoms with Gasteiger partial charge in [-0.3, -0.25) is 9.35 Å². The number of carbonyl (C=O) groups excluding carboxylic acids is 1. The van der Waals surface area contributed by atoms with E-state index < -0.39 is 33.9 Å². The number of ether oxygens (including phenoxy) is 1. The van der Waals surface area contributed by atoms with Gasteiger partial charge in [-0.25, -0.2) is 0 Å². The van der Waals surface area contributed by atoms with E-state index in [4.69, 9.17) is 4.55 Å². The molecule has 8 heteroatoms. The molecule has 0 aromatic heterocycles. The summed E-state index contributed by atoms with van der Waals surface area (Å²) in [6, 6.07) is 0. The molecule has 0 aromatic rings. The molecule has 0 saturated carbocycles. The van der Waals surface area contributed by atoms with Gasteiger partial charge < -0.3 is 4.74 Å². The molecule has 0 bridgehead atoms. The van der Waals surface area contributed by atoms with Gasteiger partial charge in [0.2, 0.25) is 0 Å². The Labute approximate surface area is 112 Å². The van der Waals surface area contributed by atoms with Gasteiger partial charge in [0.15, 0.2) is 6.61 Å². The molecule has 0 fully saturated rings. The van der Waals surface area contributed by atoms with Gasteiger partial charge >= 0.3 is 21.3 Å². The Morgan fingerprint density at radius 1 is 1.26 bits per heavy atom. The first-order valence-electron chi connectivity index (χ1n) is 5.90. The van der Waals surface area contributed by atoms with E-state index in [1.807, 2.05) is 13.8 Å². The van der Waals surface area contributed by atoms with Gasteiger partial charge in [0.1, 0.15) is 0 Å². The van der Waals surface area contributed by atoms with Crippen molar-refractivity contribution in [2.24, 2.45) is 17.8 Å². The lowest BCUT2D eigenvalue weighted by molar-refractivity contribution is -0.156. The average Bonchev–Trinajstić information content (AvgIpc) is 2.20. The van der Waals surface area contributed by atoms with E-state index in [1.54, 1.807) is 13.8 Å². The van der Waals surface area contributed by atoms with E-state index in [2.05, 4.69) is 4.74 Å². The molecule has 0 radical (unpaired) electrons. The van der Waals surface area contributed by atoms with Crippen LogP contribution in [0.25, 0.3) is 0 Å². The first kappa shape index (κ1) is 18.2. The summed E-state index contributed by atoms with van der Waals surface area (Å²) >= 11 is 0. The van der Waals surface area contributed by atoms with Crippen LogP contribution in [0.15, 0.2) is 0 Å². The molecule has 5 nitrogen and oxygen atoms in total. The van der Waals surface area contributed by atoms with Crippen LogP contribution in [0.5, 0.6) is 0 Å². The molecule has 1 N–H and O–H groups in total. The largest absolute Gasteiger partial charge is 0.458 e. The van der Waals surface area contributed by atoms with Crippen molar-refractivity contribution in [2.75, 3.05) is 6.61 Å². The zero-order valence-electron chi connectivity index (χ0n) is 11.4. The standard InChI is InChI=1S/C11H20F2O5S/c1-7(2)5-9(8(3)4)10(14)18-6-11(12,13)19(15,16)17/h7-9H,5-6H2,1-4H3,(H,15,16,17). The second-order valence-corrected chi connectivity index (χ2v) is 6.75. The predicted octanol–water partition coefficient (Wildman–Crippen LogP) is 2.33. The van der Waals surface area contributed by atoms with Crippen molar-refractivity contribution in [3.05, 3.63) is 0 Å². The number of halogens is 2. The van der Waals surface area contributed by atoms with Gasteiger partial charge in [-0.15, -0.1) is 0 Å². The Bertz CT molecular complexity index is 403. The number of carbonyl (C=O) groups is 1. The van der Waals surface area contributed by atoms with E-state index in [1.165, 1.54) is 0 Å². The summed E-state index contributed by atoms with van der Waals surface area (Å²) in [6.07, 6.45) is 0.452. The maximum Gasteiger partial charge on any atom is 0.402 e. The van der Waals surface area contributed by atoms with E-state index in [0.717, 1.165) is 0 Å². The lowest BCUT2D eigenvalue weighted by Gasteiger charge is -2.22. The third-order valence-electron chi connectivity index (χ3n) is 2.59. The van der Waals surface area contributed by atoms with Crippen molar-refractivity contribution >= 4 is 16.1 Å². The Balaban J connectivity index is 4.68. The zero-order chi connectivity index (χ0) is 15.4. The molecule has 0 rings (SSSR count). The van der Waals surface area contributed by atoms with Crippen molar-refractivity contribution in [1.82, 2.24) is 0 Å². The topological polar surface area (TPSA) is 80.7 Å². The van der Waals surface area contributed by atoms with Gasteiger partial charge in [0.25, 0.3) is 0 Å². The van der Waals surface area contributed by atoms with Gasteiger partial charge in [-0.1, -0.05) is 27.7 Å². The quantitative estimate of drug-likeness (QED) is 0.576. The molecule has 0 amide bonds. The predicted molar refractivity (Wildman–Crippen MR) is 65.2 cm³/mol. The highest BCUT2D eigenvalue weighted by Gasteiger charge is 2.46. The molecule has 0 aliphatic heterocycles. The van der Waals surface area contributed by atoms with Gasteiger partial charge in [0, 0.05) is 0 Å². The minimum atomic E-state index is -5.58. The second-order valence-electron chi connectivity index (χ2n) is 5.20. The molecule has 19 heavy (non-hydrogen) atoms. The van der Waals surface area contributed by atoms with E-state index >= 15 is 0 Å². The van der Waals surface area contributed by atoms with Crippen molar-refractivity contribution in [3.63, 3.8) is 0 Å². The smallest absolute Gasteiger partial charge is 0.402 e. The molecule has 0 spiro atoms. The summed E-state index contributed by atoms with van der Waals surface area (Å²) in [6.45, 7) is 5.56. The van der Waals surface area contributed by atoms with Crippen LogP contribution in [0, 0.1) is 17.8 Å².